The molecule has 0 spiro atoms. The number of hydrogen-bond acceptors (Lipinski definition) is 2. The van der Waals surface area contributed by atoms with Crippen LogP contribution >= 0.6 is 0 Å². The minimum absolute atomic E-state index is 0.193. The molecule has 1 saturated heterocycles. The number of nitrogens with zero attached hydrogens (tertiary/aromatic N) is 3. The molecule has 0 aromatic heterocycles. The van der Waals surface area contributed by atoms with Crippen LogP contribution in [0.25, 0.3) is 0 Å². The van der Waals surface area contributed by atoms with Gasteiger partial charge in [-0.15, -0.1) is 0 Å². The minimum atomic E-state index is -0.193. The van der Waals surface area contributed by atoms with Crippen molar-refractivity contribution in [3.63, 3.8) is 0 Å². The molecule has 0 aliphatic carbocycles. The van der Waals surface area contributed by atoms with Crippen LogP contribution in [0.5, 0.6) is 0 Å². The molecule has 0 saturated carbocycles. The Kier molecular flexibility index (Phi) is 6.65. The molecule has 0 bridgehead atoms. The van der Waals surface area contributed by atoms with Crippen molar-refractivity contribution in [2.75, 3.05) is 33.2 Å². The first kappa shape index (κ1) is 16.7. The molecule has 0 amide bonds. The summed E-state index contributed by atoms with van der Waals surface area (Å²) in [6.45, 7) is 4.38. The zero-order valence-corrected chi connectivity index (χ0v) is 13.5. The number of hydrogen-bond donors (Lipinski definition) is 1. The number of guanidine groups is 1. The van der Waals surface area contributed by atoms with Gasteiger partial charge in [-0.05, 0) is 37.6 Å². The van der Waals surface area contributed by atoms with Crippen LogP contribution in [-0.4, -0.2) is 49.0 Å². The molecule has 4 nitrogen and oxygen atoms in total. The smallest absolute Gasteiger partial charge is 0.191 e. The molecule has 1 aromatic rings. The first-order valence-electron chi connectivity index (χ1n) is 8.13. The summed E-state index contributed by atoms with van der Waals surface area (Å²) in [6, 6.07) is 6.64. The van der Waals surface area contributed by atoms with Crippen molar-refractivity contribution in [2.24, 2.45) is 10.7 Å². The van der Waals surface area contributed by atoms with E-state index in [0.717, 1.165) is 31.7 Å². The molecule has 1 heterocycles. The molecule has 1 aliphatic heterocycles. The van der Waals surface area contributed by atoms with Gasteiger partial charge in [-0.2, -0.15) is 0 Å². The zero-order valence-electron chi connectivity index (χ0n) is 13.5. The maximum atomic E-state index is 12.9. The van der Waals surface area contributed by atoms with Crippen LogP contribution in [0.1, 0.15) is 31.2 Å². The maximum Gasteiger partial charge on any atom is 0.191 e. The van der Waals surface area contributed by atoms with Gasteiger partial charge in [0.05, 0.1) is 6.54 Å². The van der Waals surface area contributed by atoms with Crippen LogP contribution in [0.3, 0.4) is 0 Å². The first-order valence-corrected chi connectivity index (χ1v) is 8.13. The van der Waals surface area contributed by atoms with Crippen molar-refractivity contribution in [3.8, 4) is 0 Å². The highest BCUT2D eigenvalue weighted by atomic mass is 19.1. The predicted octanol–water partition coefficient (Wildman–Crippen LogP) is 2.45. The van der Waals surface area contributed by atoms with Gasteiger partial charge in [0.15, 0.2) is 5.96 Å². The highest BCUT2D eigenvalue weighted by Crippen LogP contribution is 2.09. The topological polar surface area (TPSA) is 44.9 Å². The number of likely N-dealkylation sites (N-methyl/N-ethyl adjacent to an activating group) is 1. The number of aliphatic imine (C=N–C) groups is 1. The normalized spacial score (nSPS) is 16.9. The zero-order chi connectivity index (χ0) is 15.8. The molecule has 0 atom stereocenters. The maximum absolute atomic E-state index is 12.9. The van der Waals surface area contributed by atoms with E-state index in [9.17, 15) is 4.39 Å². The van der Waals surface area contributed by atoms with Gasteiger partial charge in [-0.1, -0.05) is 25.0 Å². The molecular formula is C17H27FN4. The Morgan fingerprint density at radius 3 is 2.45 bits per heavy atom. The van der Waals surface area contributed by atoms with Gasteiger partial charge >= 0.3 is 0 Å². The second-order valence-electron chi connectivity index (χ2n) is 6.01. The van der Waals surface area contributed by atoms with Gasteiger partial charge in [0, 0.05) is 26.2 Å². The third kappa shape index (κ3) is 5.64. The lowest BCUT2D eigenvalue weighted by Crippen LogP contribution is -2.38. The summed E-state index contributed by atoms with van der Waals surface area (Å²) in [5.74, 6) is 0.485. The monoisotopic (exact) mass is 306 g/mol. The number of benzene rings is 1. The lowest BCUT2D eigenvalue weighted by Gasteiger charge is -2.21. The van der Waals surface area contributed by atoms with Crippen molar-refractivity contribution >= 4 is 5.96 Å². The van der Waals surface area contributed by atoms with E-state index in [2.05, 4.69) is 14.8 Å². The summed E-state index contributed by atoms with van der Waals surface area (Å²) >= 11 is 0. The third-order valence-corrected chi connectivity index (χ3v) is 4.05. The summed E-state index contributed by atoms with van der Waals surface area (Å²) in [5.41, 5.74) is 7.19. The Morgan fingerprint density at radius 1 is 1.18 bits per heavy atom. The van der Waals surface area contributed by atoms with Crippen LogP contribution in [0.2, 0.25) is 0 Å². The summed E-state index contributed by atoms with van der Waals surface area (Å²) in [5, 5.41) is 0. The molecule has 0 unspecified atom stereocenters. The largest absolute Gasteiger partial charge is 0.370 e. The molecule has 0 radical (unpaired) electrons. The molecule has 1 aromatic carbocycles. The van der Waals surface area contributed by atoms with Crippen LogP contribution in [0, 0.1) is 5.82 Å². The standard InChI is InChI=1S/C17H27FN4/c1-21(14-15-6-8-16(18)9-7-15)13-10-20-17(19)22-11-4-2-3-5-12-22/h6-9H,2-5,10-14H2,1H3,(H2,19,20). The number of nitrogens with two attached hydrogens (primary N) is 1. The molecule has 2 N–H and O–H groups in total. The van der Waals surface area contributed by atoms with Crippen molar-refractivity contribution in [1.29, 1.82) is 0 Å². The second-order valence-corrected chi connectivity index (χ2v) is 6.01. The van der Waals surface area contributed by atoms with E-state index in [4.69, 9.17) is 5.73 Å². The highest BCUT2D eigenvalue weighted by molar-refractivity contribution is 5.78. The van der Waals surface area contributed by atoms with E-state index in [1.54, 1.807) is 0 Å². The van der Waals surface area contributed by atoms with E-state index < -0.39 is 0 Å². The van der Waals surface area contributed by atoms with Gasteiger partial charge in [-0.3, -0.25) is 4.99 Å². The molecular weight excluding hydrogens is 279 g/mol. The SMILES string of the molecule is CN(CCN=C(N)N1CCCCCC1)Cc1ccc(F)cc1. The fourth-order valence-electron chi connectivity index (χ4n) is 2.72. The fraction of sp³-hybridized carbons (Fsp3) is 0.588. The van der Waals surface area contributed by atoms with E-state index in [-0.39, 0.29) is 5.82 Å². The van der Waals surface area contributed by atoms with Gasteiger partial charge in [0.2, 0.25) is 0 Å². The van der Waals surface area contributed by atoms with Crippen molar-refractivity contribution in [1.82, 2.24) is 9.80 Å². The Labute approximate surface area is 132 Å². The van der Waals surface area contributed by atoms with Gasteiger partial charge < -0.3 is 15.5 Å². The van der Waals surface area contributed by atoms with Crippen molar-refractivity contribution < 1.29 is 4.39 Å². The average molecular weight is 306 g/mol. The molecule has 5 heteroatoms. The Balaban J connectivity index is 1.74. The van der Waals surface area contributed by atoms with E-state index in [1.165, 1.54) is 37.8 Å². The molecule has 2 rings (SSSR count). The second kappa shape index (κ2) is 8.73. The van der Waals surface area contributed by atoms with Crippen LogP contribution in [0.4, 0.5) is 4.39 Å². The Morgan fingerprint density at radius 2 is 1.82 bits per heavy atom. The van der Waals surface area contributed by atoms with Crippen molar-refractivity contribution in [2.45, 2.75) is 32.2 Å². The highest BCUT2D eigenvalue weighted by Gasteiger charge is 2.10. The third-order valence-electron chi connectivity index (χ3n) is 4.05. The Hall–Kier alpha value is -1.62. The fourth-order valence-corrected chi connectivity index (χ4v) is 2.72. The minimum Gasteiger partial charge on any atom is -0.370 e. The summed E-state index contributed by atoms with van der Waals surface area (Å²) in [6.07, 6.45) is 5.01. The quantitative estimate of drug-likeness (QED) is 0.671. The van der Waals surface area contributed by atoms with Gasteiger partial charge in [-0.25, -0.2) is 4.39 Å². The summed E-state index contributed by atoms with van der Waals surface area (Å²) < 4.78 is 12.9. The van der Waals surface area contributed by atoms with Crippen LogP contribution in [0.15, 0.2) is 29.3 Å². The summed E-state index contributed by atoms with van der Waals surface area (Å²) in [7, 11) is 2.04. The van der Waals surface area contributed by atoms with E-state index >= 15 is 0 Å². The average Bonchev–Trinajstić information content (AvgIpc) is 2.79. The molecule has 1 fully saturated rings. The molecule has 122 valence electrons. The van der Waals surface area contributed by atoms with Gasteiger partial charge in [0.25, 0.3) is 0 Å². The van der Waals surface area contributed by atoms with Gasteiger partial charge in [0.1, 0.15) is 5.82 Å². The number of halogens is 1. The predicted molar refractivity (Wildman–Crippen MR) is 89.3 cm³/mol. The lowest BCUT2D eigenvalue weighted by molar-refractivity contribution is 0.335. The van der Waals surface area contributed by atoms with Crippen molar-refractivity contribution in [3.05, 3.63) is 35.6 Å². The summed E-state index contributed by atoms with van der Waals surface area (Å²) in [4.78, 5) is 8.88. The van der Waals surface area contributed by atoms with Crippen LogP contribution in [-0.2, 0) is 6.54 Å². The number of likely N-dealkylation sites (tertiary alicyclic amines) is 1. The van der Waals surface area contributed by atoms with E-state index in [0.29, 0.717) is 12.5 Å². The Bertz CT molecular complexity index is 464. The molecule has 22 heavy (non-hydrogen) atoms. The molecule has 1 aliphatic rings. The van der Waals surface area contributed by atoms with E-state index in [1.807, 2.05) is 19.2 Å². The number of rotatable bonds is 5. The lowest BCUT2D eigenvalue weighted by atomic mass is 10.2. The van der Waals surface area contributed by atoms with Crippen LogP contribution < -0.4 is 5.73 Å². The first-order chi connectivity index (χ1) is 10.6.